The molecular formula is C14H19BrF3N. The molecule has 1 unspecified atom stereocenters. The minimum atomic E-state index is -4.31. The van der Waals surface area contributed by atoms with E-state index in [0.29, 0.717) is 22.6 Å². The van der Waals surface area contributed by atoms with Crippen LogP contribution in [0.15, 0.2) is 22.7 Å². The molecule has 0 amide bonds. The molecule has 0 aliphatic heterocycles. The first-order chi connectivity index (χ1) is 8.51. The lowest BCUT2D eigenvalue weighted by Gasteiger charge is -2.28. The summed E-state index contributed by atoms with van der Waals surface area (Å²) < 4.78 is 38.0. The van der Waals surface area contributed by atoms with Crippen LogP contribution in [0.3, 0.4) is 0 Å². The summed E-state index contributed by atoms with van der Waals surface area (Å²) in [7, 11) is 0. The summed E-state index contributed by atoms with van der Waals surface area (Å²) in [5.74, 6) is 0.404. The maximum Gasteiger partial charge on any atom is 0.416 e. The molecular weight excluding hydrogens is 319 g/mol. The van der Waals surface area contributed by atoms with Crippen molar-refractivity contribution in [1.82, 2.24) is 0 Å². The number of benzene rings is 1. The van der Waals surface area contributed by atoms with Crippen molar-refractivity contribution in [2.75, 3.05) is 11.9 Å². The summed E-state index contributed by atoms with van der Waals surface area (Å²) in [5.41, 5.74) is 0.198. The maximum atomic E-state index is 12.5. The molecule has 0 bridgehead atoms. The van der Waals surface area contributed by atoms with Crippen molar-refractivity contribution in [1.29, 1.82) is 0 Å². The van der Waals surface area contributed by atoms with E-state index in [4.69, 9.17) is 0 Å². The number of anilines is 1. The number of nitrogens with one attached hydrogen (secondary N) is 1. The zero-order valence-electron chi connectivity index (χ0n) is 11.5. The fourth-order valence-corrected chi connectivity index (χ4v) is 1.92. The number of halogens is 4. The normalized spacial score (nSPS) is 14.3. The van der Waals surface area contributed by atoms with Crippen LogP contribution in [0, 0.1) is 11.3 Å². The summed E-state index contributed by atoms with van der Waals surface area (Å²) in [4.78, 5) is 0. The lowest BCUT2D eigenvalue weighted by molar-refractivity contribution is -0.137. The summed E-state index contributed by atoms with van der Waals surface area (Å²) >= 11 is 3.18. The number of hydrogen-bond donors (Lipinski definition) is 1. The van der Waals surface area contributed by atoms with Crippen molar-refractivity contribution in [3.63, 3.8) is 0 Å². The van der Waals surface area contributed by atoms with Crippen LogP contribution in [-0.4, -0.2) is 6.54 Å². The van der Waals surface area contributed by atoms with Crippen LogP contribution in [0.25, 0.3) is 0 Å². The molecule has 0 radical (unpaired) electrons. The van der Waals surface area contributed by atoms with Gasteiger partial charge in [0.25, 0.3) is 0 Å². The van der Waals surface area contributed by atoms with Gasteiger partial charge in [0.15, 0.2) is 0 Å². The standard InChI is InChI=1S/C14H19BrF3N/c1-9(13(2,3)4)8-19-12-6-5-10(7-11(12)15)14(16,17)18/h5-7,9,19H,8H2,1-4H3. The predicted molar refractivity (Wildman–Crippen MR) is 76.3 cm³/mol. The van der Waals surface area contributed by atoms with Crippen molar-refractivity contribution < 1.29 is 13.2 Å². The topological polar surface area (TPSA) is 12.0 Å². The molecule has 0 heterocycles. The molecule has 1 aromatic carbocycles. The highest BCUT2D eigenvalue weighted by molar-refractivity contribution is 9.10. The highest BCUT2D eigenvalue weighted by atomic mass is 79.9. The van der Waals surface area contributed by atoms with Crippen molar-refractivity contribution in [3.05, 3.63) is 28.2 Å². The molecule has 0 spiro atoms. The summed E-state index contributed by atoms with van der Waals surface area (Å²) in [6.07, 6.45) is -4.31. The Labute approximate surface area is 120 Å². The zero-order chi connectivity index (χ0) is 14.8. The Morgan fingerprint density at radius 2 is 1.79 bits per heavy atom. The van der Waals surface area contributed by atoms with Gasteiger partial charge in [0.05, 0.1) is 5.56 Å². The second-order valence-electron chi connectivity index (χ2n) is 5.84. The van der Waals surface area contributed by atoms with E-state index in [0.717, 1.165) is 12.1 Å². The summed E-state index contributed by atoms with van der Waals surface area (Å²) in [6.45, 7) is 9.25. The van der Waals surface area contributed by atoms with Crippen molar-refractivity contribution >= 4 is 21.6 Å². The molecule has 1 nitrogen and oxygen atoms in total. The SMILES string of the molecule is CC(CNc1ccc(C(F)(F)F)cc1Br)C(C)(C)C. The van der Waals surface area contributed by atoms with Gasteiger partial charge in [-0.25, -0.2) is 0 Å². The van der Waals surface area contributed by atoms with Crippen molar-refractivity contribution in [2.24, 2.45) is 11.3 Å². The van der Waals surface area contributed by atoms with E-state index in [-0.39, 0.29) is 5.41 Å². The fourth-order valence-electron chi connectivity index (χ4n) is 1.40. The van der Waals surface area contributed by atoms with Gasteiger partial charge in [-0.15, -0.1) is 0 Å². The van der Waals surface area contributed by atoms with Crippen LogP contribution >= 0.6 is 15.9 Å². The molecule has 1 N–H and O–H groups in total. The molecule has 0 aromatic heterocycles. The Morgan fingerprint density at radius 3 is 2.21 bits per heavy atom. The van der Waals surface area contributed by atoms with Gasteiger partial charge in [0.2, 0.25) is 0 Å². The third-order valence-electron chi connectivity index (χ3n) is 3.37. The highest BCUT2D eigenvalue weighted by Gasteiger charge is 2.30. The third-order valence-corrected chi connectivity index (χ3v) is 4.03. The van der Waals surface area contributed by atoms with E-state index in [2.05, 4.69) is 48.9 Å². The van der Waals surface area contributed by atoms with E-state index < -0.39 is 11.7 Å². The Balaban J connectivity index is 2.77. The lowest BCUT2D eigenvalue weighted by Crippen LogP contribution is -2.24. The molecule has 1 atom stereocenters. The van der Waals surface area contributed by atoms with Crippen LogP contribution < -0.4 is 5.32 Å². The van der Waals surface area contributed by atoms with Crippen LogP contribution in [0.5, 0.6) is 0 Å². The van der Waals surface area contributed by atoms with E-state index in [1.165, 1.54) is 6.07 Å². The van der Waals surface area contributed by atoms with Gasteiger partial charge in [-0.3, -0.25) is 0 Å². The first-order valence-electron chi connectivity index (χ1n) is 6.12. The quantitative estimate of drug-likeness (QED) is 0.761. The second-order valence-corrected chi connectivity index (χ2v) is 6.69. The largest absolute Gasteiger partial charge is 0.416 e. The minimum Gasteiger partial charge on any atom is -0.384 e. The first-order valence-corrected chi connectivity index (χ1v) is 6.91. The van der Waals surface area contributed by atoms with Crippen molar-refractivity contribution in [2.45, 2.75) is 33.9 Å². The molecule has 0 saturated carbocycles. The van der Waals surface area contributed by atoms with Gasteiger partial charge in [0.1, 0.15) is 0 Å². The minimum absolute atomic E-state index is 0.158. The fraction of sp³-hybridized carbons (Fsp3) is 0.571. The molecule has 0 fully saturated rings. The van der Waals surface area contributed by atoms with Gasteiger partial charge in [-0.05, 0) is 45.5 Å². The van der Waals surface area contributed by atoms with E-state index in [1.807, 2.05) is 0 Å². The molecule has 5 heteroatoms. The average molecular weight is 338 g/mol. The number of rotatable bonds is 3. The molecule has 1 rings (SSSR count). The van der Waals surface area contributed by atoms with Gasteiger partial charge in [-0.1, -0.05) is 27.7 Å². The zero-order valence-corrected chi connectivity index (χ0v) is 13.1. The van der Waals surface area contributed by atoms with Crippen molar-refractivity contribution in [3.8, 4) is 0 Å². The van der Waals surface area contributed by atoms with Crippen LogP contribution in [-0.2, 0) is 6.18 Å². The average Bonchev–Trinajstić information content (AvgIpc) is 2.24. The van der Waals surface area contributed by atoms with Crippen LogP contribution in [0.4, 0.5) is 18.9 Å². The second kappa shape index (κ2) is 5.73. The molecule has 1 aromatic rings. The maximum absolute atomic E-state index is 12.5. The molecule has 108 valence electrons. The molecule has 19 heavy (non-hydrogen) atoms. The Bertz CT molecular complexity index is 435. The number of hydrogen-bond acceptors (Lipinski definition) is 1. The van der Waals surface area contributed by atoms with Crippen LogP contribution in [0.2, 0.25) is 0 Å². The Morgan fingerprint density at radius 1 is 1.21 bits per heavy atom. The Kier molecular flexibility index (Phi) is 4.93. The molecule has 0 aliphatic rings. The highest BCUT2D eigenvalue weighted by Crippen LogP contribution is 2.34. The van der Waals surface area contributed by atoms with E-state index in [1.54, 1.807) is 0 Å². The van der Waals surface area contributed by atoms with Gasteiger partial charge < -0.3 is 5.32 Å². The van der Waals surface area contributed by atoms with Gasteiger partial charge in [0, 0.05) is 16.7 Å². The predicted octanol–water partition coefficient (Wildman–Crippen LogP) is 5.56. The monoisotopic (exact) mass is 337 g/mol. The summed E-state index contributed by atoms with van der Waals surface area (Å²) in [6, 6.07) is 3.65. The third kappa shape index (κ3) is 4.71. The van der Waals surface area contributed by atoms with E-state index >= 15 is 0 Å². The Hall–Kier alpha value is -0.710. The van der Waals surface area contributed by atoms with Gasteiger partial charge in [-0.2, -0.15) is 13.2 Å². The first kappa shape index (κ1) is 16.3. The van der Waals surface area contributed by atoms with Crippen LogP contribution in [0.1, 0.15) is 33.3 Å². The summed E-state index contributed by atoms with van der Waals surface area (Å²) in [5, 5.41) is 3.18. The lowest BCUT2D eigenvalue weighted by atomic mass is 9.82. The molecule has 0 saturated heterocycles. The molecule has 0 aliphatic carbocycles. The smallest absolute Gasteiger partial charge is 0.384 e. The number of alkyl halides is 3. The van der Waals surface area contributed by atoms with Gasteiger partial charge >= 0.3 is 6.18 Å². The van der Waals surface area contributed by atoms with E-state index in [9.17, 15) is 13.2 Å².